The number of nitriles is 1. The van der Waals surface area contributed by atoms with E-state index in [9.17, 15) is 4.39 Å². The van der Waals surface area contributed by atoms with E-state index in [1.807, 2.05) is 6.07 Å². The van der Waals surface area contributed by atoms with Gasteiger partial charge in [-0.1, -0.05) is 0 Å². The summed E-state index contributed by atoms with van der Waals surface area (Å²) >= 11 is 0. The molecule has 0 radical (unpaired) electrons. The van der Waals surface area contributed by atoms with E-state index in [0.29, 0.717) is 24.1 Å². The van der Waals surface area contributed by atoms with E-state index < -0.39 is 0 Å². The molecule has 1 rings (SSSR count). The van der Waals surface area contributed by atoms with Gasteiger partial charge in [0.1, 0.15) is 5.82 Å². The Hall–Kier alpha value is -1.56. The van der Waals surface area contributed by atoms with Gasteiger partial charge < -0.3 is 5.73 Å². The minimum atomic E-state index is -0.308. The molecule has 0 aliphatic rings. The lowest BCUT2D eigenvalue weighted by atomic mass is 10.1. The summed E-state index contributed by atoms with van der Waals surface area (Å²) in [7, 11) is 0. The van der Waals surface area contributed by atoms with Crippen molar-refractivity contribution in [2.75, 3.05) is 5.73 Å². The first-order valence-corrected chi connectivity index (χ1v) is 3.65. The van der Waals surface area contributed by atoms with Gasteiger partial charge in [0.25, 0.3) is 0 Å². The van der Waals surface area contributed by atoms with Crippen molar-refractivity contribution in [3.8, 4) is 6.07 Å². The van der Waals surface area contributed by atoms with Gasteiger partial charge >= 0.3 is 0 Å². The summed E-state index contributed by atoms with van der Waals surface area (Å²) in [6, 6.07) is 6.18. The van der Waals surface area contributed by atoms with Gasteiger partial charge in [-0.3, -0.25) is 0 Å². The summed E-state index contributed by atoms with van der Waals surface area (Å²) in [5.41, 5.74) is 6.81. The van der Waals surface area contributed by atoms with Crippen molar-refractivity contribution >= 4 is 5.69 Å². The highest BCUT2D eigenvalue weighted by Crippen LogP contribution is 2.14. The van der Waals surface area contributed by atoms with Crippen LogP contribution in [0, 0.1) is 17.1 Å². The van der Waals surface area contributed by atoms with Crippen LogP contribution in [0.1, 0.15) is 12.0 Å². The number of halogens is 1. The monoisotopic (exact) mass is 164 g/mol. The fraction of sp³-hybridized carbons (Fsp3) is 0.222. The number of rotatable bonds is 2. The zero-order valence-electron chi connectivity index (χ0n) is 6.55. The third-order valence-corrected chi connectivity index (χ3v) is 1.61. The molecule has 1 aromatic rings. The number of nitrogens with two attached hydrogens (primary N) is 1. The summed E-state index contributed by atoms with van der Waals surface area (Å²) < 4.78 is 12.6. The third-order valence-electron chi connectivity index (χ3n) is 1.61. The quantitative estimate of drug-likeness (QED) is 0.678. The van der Waals surface area contributed by atoms with Gasteiger partial charge in [0.05, 0.1) is 6.07 Å². The maximum absolute atomic E-state index is 12.6. The Balaban J connectivity index is 2.84. The molecule has 0 saturated carbocycles. The summed E-state index contributed by atoms with van der Waals surface area (Å²) in [4.78, 5) is 0. The summed E-state index contributed by atoms with van der Waals surface area (Å²) in [5.74, 6) is -0.308. The highest BCUT2D eigenvalue weighted by Gasteiger charge is 1.99. The number of nitrogen functional groups attached to an aromatic ring is 1. The van der Waals surface area contributed by atoms with Gasteiger partial charge in [-0.15, -0.1) is 0 Å². The Kier molecular flexibility index (Phi) is 2.65. The first-order chi connectivity index (χ1) is 5.74. The highest BCUT2D eigenvalue weighted by atomic mass is 19.1. The molecule has 0 saturated heterocycles. The normalized spacial score (nSPS) is 9.33. The second kappa shape index (κ2) is 3.72. The Labute approximate surface area is 70.4 Å². The zero-order valence-corrected chi connectivity index (χ0v) is 6.55. The molecule has 2 N–H and O–H groups in total. The smallest absolute Gasteiger partial charge is 0.123 e. The minimum absolute atomic E-state index is 0.308. The summed E-state index contributed by atoms with van der Waals surface area (Å²) in [6.07, 6.45) is 0.883. The molecule has 0 aliphatic carbocycles. The van der Waals surface area contributed by atoms with Crippen molar-refractivity contribution < 1.29 is 4.39 Å². The molecule has 3 heteroatoms. The van der Waals surface area contributed by atoms with Crippen LogP contribution < -0.4 is 5.73 Å². The largest absolute Gasteiger partial charge is 0.399 e. The van der Waals surface area contributed by atoms with E-state index in [1.54, 1.807) is 0 Å². The van der Waals surface area contributed by atoms with Crippen LogP contribution in [0.2, 0.25) is 0 Å². The van der Waals surface area contributed by atoms with E-state index in [0.717, 1.165) is 0 Å². The summed E-state index contributed by atoms with van der Waals surface area (Å²) in [6.45, 7) is 0. The van der Waals surface area contributed by atoms with Crippen molar-refractivity contribution in [2.45, 2.75) is 12.8 Å². The number of hydrogen-bond acceptors (Lipinski definition) is 2. The highest BCUT2D eigenvalue weighted by molar-refractivity contribution is 5.46. The number of anilines is 1. The second-order valence-electron chi connectivity index (χ2n) is 2.50. The van der Waals surface area contributed by atoms with E-state index in [1.165, 1.54) is 18.2 Å². The molecule has 0 atom stereocenters. The predicted molar refractivity (Wildman–Crippen MR) is 44.7 cm³/mol. The first-order valence-electron chi connectivity index (χ1n) is 3.65. The Morgan fingerprint density at radius 3 is 2.92 bits per heavy atom. The predicted octanol–water partition coefficient (Wildman–Crippen LogP) is 1.86. The molecule has 0 bridgehead atoms. The van der Waals surface area contributed by atoms with E-state index in [4.69, 9.17) is 11.0 Å². The van der Waals surface area contributed by atoms with Crippen LogP contribution >= 0.6 is 0 Å². The van der Waals surface area contributed by atoms with Crippen LogP contribution in [0.4, 0.5) is 10.1 Å². The number of benzene rings is 1. The van der Waals surface area contributed by atoms with E-state index >= 15 is 0 Å². The van der Waals surface area contributed by atoms with Crippen LogP contribution in [-0.4, -0.2) is 0 Å². The molecular weight excluding hydrogens is 155 g/mol. The molecule has 0 fully saturated rings. The molecule has 0 unspecified atom stereocenters. The fourth-order valence-corrected chi connectivity index (χ4v) is 0.981. The van der Waals surface area contributed by atoms with Crippen LogP contribution in [0.5, 0.6) is 0 Å². The van der Waals surface area contributed by atoms with E-state index in [2.05, 4.69) is 0 Å². The lowest BCUT2D eigenvalue weighted by Crippen LogP contribution is -1.94. The van der Waals surface area contributed by atoms with Crippen molar-refractivity contribution in [3.63, 3.8) is 0 Å². The maximum atomic E-state index is 12.6. The molecule has 0 aromatic heterocycles. The Morgan fingerprint density at radius 1 is 1.50 bits per heavy atom. The maximum Gasteiger partial charge on any atom is 0.123 e. The standard InChI is InChI=1S/C9H9FN2/c10-8-3-4-9(12)7(6-8)2-1-5-11/h3-4,6H,1-2,12H2. The van der Waals surface area contributed by atoms with Crippen LogP contribution in [0.3, 0.4) is 0 Å². The molecular formula is C9H9FN2. The van der Waals surface area contributed by atoms with Crippen molar-refractivity contribution in [2.24, 2.45) is 0 Å². The lowest BCUT2D eigenvalue weighted by molar-refractivity contribution is 0.625. The van der Waals surface area contributed by atoms with Crippen molar-refractivity contribution in [1.82, 2.24) is 0 Å². The Morgan fingerprint density at radius 2 is 2.25 bits per heavy atom. The number of nitrogens with zero attached hydrogens (tertiary/aromatic N) is 1. The van der Waals surface area contributed by atoms with Gasteiger partial charge in [-0.2, -0.15) is 5.26 Å². The van der Waals surface area contributed by atoms with Crippen LogP contribution in [-0.2, 0) is 6.42 Å². The molecule has 0 amide bonds. The molecule has 0 spiro atoms. The van der Waals surface area contributed by atoms with Gasteiger partial charge in [0.15, 0.2) is 0 Å². The van der Waals surface area contributed by atoms with Gasteiger partial charge in [-0.25, -0.2) is 4.39 Å². The minimum Gasteiger partial charge on any atom is -0.399 e. The molecule has 0 heterocycles. The first kappa shape index (κ1) is 8.54. The Bertz CT molecular complexity index is 315. The average molecular weight is 164 g/mol. The molecule has 2 nitrogen and oxygen atoms in total. The summed E-state index contributed by atoms with van der Waals surface area (Å²) in [5, 5.41) is 8.30. The molecule has 0 aliphatic heterocycles. The van der Waals surface area contributed by atoms with Crippen LogP contribution in [0.15, 0.2) is 18.2 Å². The second-order valence-corrected chi connectivity index (χ2v) is 2.50. The molecule has 62 valence electrons. The number of hydrogen-bond donors (Lipinski definition) is 1. The van der Waals surface area contributed by atoms with Crippen LogP contribution in [0.25, 0.3) is 0 Å². The topological polar surface area (TPSA) is 49.8 Å². The molecule has 1 aromatic carbocycles. The fourth-order valence-electron chi connectivity index (χ4n) is 0.981. The van der Waals surface area contributed by atoms with Gasteiger partial charge in [0.2, 0.25) is 0 Å². The van der Waals surface area contributed by atoms with Gasteiger partial charge in [0, 0.05) is 12.1 Å². The zero-order chi connectivity index (χ0) is 8.97. The number of aryl methyl sites for hydroxylation is 1. The van der Waals surface area contributed by atoms with Crippen molar-refractivity contribution in [1.29, 1.82) is 5.26 Å². The molecule has 12 heavy (non-hydrogen) atoms. The third kappa shape index (κ3) is 1.96. The average Bonchev–Trinajstić information content (AvgIpc) is 2.07. The SMILES string of the molecule is N#CCCc1cc(F)ccc1N. The van der Waals surface area contributed by atoms with E-state index in [-0.39, 0.29) is 5.82 Å². The van der Waals surface area contributed by atoms with Gasteiger partial charge in [-0.05, 0) is 30.2 Å². The van der Waals surface area contributed by atoms with Crippen molar-refractivity contribution in [3.05, 3.63) is 29.6 Å². The lowest BCUT2D eigenvalue weighted by Gasteiger charge is -2.01.